The predicted octanol–water partition coefficient (Wildman–Crippen LogP) is 5.61. The molecule has 196 valence electrons. The molecule has 7 nitrogen and oxygen atoms in total. The predicted molar refractivity (Wildman–Crippen MR) is 150 cm³/mol. The molecule has 0 spiro atoms. The number of ether oxygens (including phenoxy) is 1. The lowest BCUT2D eigenvalue weighted by atomic mass is 10.1. The smallest absolute Gasteiger partial charge is 0.141 e. The summed E-state index contributed by atoms with van der Waals surface area (Å²) in [5.41, 5.74) is 6.40. The molecule has 1 fully saturated rings. The van der Waals surface area contributed by atoms with Crippen LogP contribution in [0.4, 0.5) is 0 Å². The highest BCUT2D eigenvalue weighted by Crippen LogP contribution is 2.28. The number of likely N-dealkylation sites (N-methyl/N-ethyl adjacent to an activating group) is 1. The molecule has 2 aromatic heterocycles. The van der Waals surface area contributed by atoms with E-state index in [-0.39, 0.29) is 0 Å². The van der Waals surface area contributed by atoms with Crippen LogP contribution in [0, 0.1) is 12.8 Å². The highest BCUT2D eigenvalue weighted by Gasteiger charge is 2.17. The van der Waals surface area contributed by atoms with Gasteiger partial charge in [-0.2, -0.15) is 5.10 Å². The van der Waals surface area contributed by atoms with Gasteiger partial charge in [0.25, 0.3) is 0 Å². The Kier molecular flexibility index (Phi) is 7.84. The monoisotopic (exact) mass is 520 g/mol. The van der Waals surface area contributed by atoms with Crippen LogP contribution in [0.3, 0.4) is 0 Å². The Morgan fingerprint density at radius 2 is 1.81 bits per heavy atom. The molecule has 0 unspecified atom stereocenters. The van der Waals surface area contributed by atoms with Gasteiger partial charge in [0.1, 0.15) is 11.6 Å². The summed E-state index contributed by atoms with van der Waals surface area (Å²) >= 11 is 6.31. The van der Waals surface area contributed by atoms with Crippen LogP contribution in [0.25, 0.3) is 22.4 Å². The lowest BCUT2D eigenvalue weighted by Gasteiger charge is -2.34. The zero-order valence-electron chi connectivity index (χ0n) is 22.3. The minimum Gasteiger partial charge on any atom is -0.493 e. The normalized spacial score (nSPS) is 15.2. The molecule has 0 saturated carbocycles. The van der Waals surface area contributed by atoms with Crippen LogP contribution in [0.1, 0.15) is 37.6 Å². The molecule has 4 aromatic rings. The van der Waals surface area contributed by atoms with Gasteiger partial charge in [-0.3, -0.25) is 9.58 Å². The largest absolute Gasteiger partial charge is 0.493 e. The standard InChI is InChI=1S/C29H37ClN6O/c1-5-34-10-12-35(13-11-34)17-22-6-8-26-27(14-22)33-29(32-26)25-16-31-36(21(25)4)18-23-15-24(30)7-9-28(23)37-19-20(2)3/h6-9,14-16,20H,5,10-13,17-19H2,1-4H3,(H,32,33). The second kappa shape index (κ2) is 11.3. The third-order valence-corrected chi connectivity index (χ3v) is 7.37. The van der Waals surface area contributed by atoms with E-state index in [0.717, 1.165) is 78.7 Å². The minimum absolute atomic E-state index is 0.446. The quantitative estimate of drug-likeness (QED) is 0.311. The number of H-pyrrole nitrogens is 1. The first kappa shape index (κ1) is 25.8. The minimum atomic E-state index is 0.446. The Bertz CT molecular complexity index is 1350. The second-order valence-electron chi connectivity index (χ2n) is 10.4. The lowest BCUT2D eigenvalue weighted by molar-refractivity contribution is 0.132. The maximum Gasteiger partial charge on any atom is 0.141 e. The molecule has 0 radical (unpaired) electrons. The van der Waals surface area contributed by atoms with Crippen molar-refractivity contribution in [2.45, 2.75) is 40.8 Å². The maximum atomic E-state index is 6.31. The number of nitrogens with one attached hydrogen (secondary N) is 1. The molecule has 0 amide bonds. The number of hydrogen-bond donors (Lipinski definition) is 1. The topological polar surface area (TPSA) is 62.2 Å². The molecule has 1 saturated heterocycles. The van der Waals surface area contributed by atoms with Crippen LogP contribution in [0.15, 0.2) is 42.6 Å². The molecule has 37 heavy (non-hydrogen) atoms. The van der Waals surface area contributed by atoms with Gasteiger partial charge < -0.3 is 14.6 Å². The number of fused-ring (bicyclic) bond motifs is 1. The highest BCUT2D eigenvalue weighted by atomic mass is 35.5. The van der Waals surface area contributed by atoms with E-state index in [2.05, 4.69) is 65.8 Å². The van der Waals surface area contributed by atoms with E-state index in [1.54, 1.807) is 0 Å². The van der Waals surface area contributed by atoms with Crippen molar-refractivity contribution in [3.05, 3.63) is 64.4 Å². The fourth-order valence-corrected chi connectivity index (χ4v) is 5.06. The molecule has 3 heterocycles. The van der Waals surface area contributed by atoms with Gasteiger partial charge in [0.05, 0.1) is 35.9 Å². The summed E-state index contributed by atoms with van der Waals surface area (Å²) in [5.74, 6) is 2.14. The van der Waals surface area contributed by atoms with Crippen LogP contribution >= 0.6 is 11.6 Å². The van der Waals surface area contributed by atoms with Gasteiger partial charge in [0.2, 0.25) is 0 Å². The SMILES string of the molecule is CCN1CCN(Cc2ccc3[nH]c(-c4cnn(Cc5cc(Cl)ccc5OCC(C)C)c4C)nc3c2)CC1. The van der Waals surface area contributed by atoms with Gasteiger partial charge in [0, 0.05) is 49.0 Å². The molecule has 1 aliphatic heterocycles. The van der Waals surface area contributed by atoms with Crippen molar-refractivity contribution in [1.82, 2.24) is 29.5 Å². The fourth-order valence-electron chi connectivity index (χ4n) is 4.87. The van der Waals surface area contributed by atoms with Crippen molar-refractivity contribution < 1.29 is 4.74 Å². The molecule has 2 aromatic carbocycles. The van der Waals surface area contributed by atoms with Crippen LogP contribution in [0.5, 0.6) is 5.75 Å². The molecule has 0 atom stereocenters. The van der Waals surface area contributed by atoms with E-state index in [0.29, 0.717) is 24.1 Å². The lowest BCUT2D eigenvalue weighted by Crippen LogP contribution is -2.45. The van der Waals surface area contributed by atoms with Gasteiger partial charge in [0.15, 0.2) is 0 Å². The van der Waals surface area contributed by atoms with Crippen LogP contribution in [0.2, 0.25) is 5.02 Å². The third kappa shape index (κ3) is 6.00. The average molecular weight is 521 g/mol. The first-order chi connectivity index (χ1) is 17.9. The van der Waals surface area contributed by atoms with Crippen molar-refractivity contribution in [2.24, 2.45) is 5.92 Å². The van der Waals surface area contributed by atoms with E-state index in [4.69, 9.17) is 21.3 Å². The van der Waals surface area contributed by atoms with Crippen LogP contribution in [-0.2, 0) is 13.1 Å². The van der Waals surface area contributed by atoms with Gasteiger partial charge in [-0.25, -0.2) is 4.98 Å². The van der Waals surface area contributed by atoms with Crippen molar-refractivity contribution in [1.29, 1.82) is 0 Å². The highest BCUT2D eigenvalue weighted by molar-refractivity contribution is 6.30. The summed E-state index contributed by atoms with van der Waals surface area (Å²) in [6.45, 7) is 16.5. The van der Waals surface area contributed by atoms with Crippen LogP contribution in [-0.4, -0.2) is 68.9 Å². The van der Waals surface area contributed by atoms with E-state index >= 15 is 0 Å². The Labute approximate surface area is 224 Å². The molecular formula is C29H37ClN6O. The summed E-state index contributed by atoms with van der Waals surface area (Å²) < 4.78 is 8.03. The number of hydrogen-bond acceptors (Lipinski definition) is 5. The Morgan fingerprint density at radius 1 is 1.03 bits per heavy atom. The molecule has 0 bridgehead atoms. The molecule has 0 aliphatic carbocycles. The first-order valence-electron chi connectivity index (χ1n) is 13.3. The van der Waals surface area contributed by atoms with E-state index in [1.807, 2.05) is 29.1 Å². The Balaban J connectivity index is 1.33. The van der Waals surface area contributed by atoms with Gasteiger partial charge in [-0.15, -0.1) is 0 Å². The van der Waals surface area contributed by atoms with Gasteiger partial charge >= 0.3 is 0 Å². The Hall–Kier alpha value is -2.87. The second-order valence-corrected chi connectivity index (χ2v) is 10.8. The maximum absolute atomic E-state index is 6.31. The van der Waals surface area contributed by atoms with E-state index in [1.165, 1.54) is 5.56 Å². The first-order valence-corrected chi connectivity index (χ1v) is 13.6. The number of nitrogens with zero attached hydrogens (tertiary/aromatic N) is 5. The third-order valence-electron chi connectivity index (χ3n) is 7.14. The number of benzene rings is 2. The average Bonchev–Trinajstić information content (AvgIpc) is 3.46. The number of piperazine rings is 1. The fraction of sp³-hybridized carbons (Fsp3) is 0.448. The molecule has 1 N–H and O–H groups in total. The molecule has 8 heteroatoms. The number of imidazole rings is 1. The van der Waals surface area contributed by atoms with Crippen molar-refractivity contribution >= 4 is 22.6 Å². The summed E-state index contributed by atoms with van der Waals surface area (Å²) in [5, 5.41) is 5.37. The molecule has 1 aliphatic rings. The van der Waals surface area contributed by atoms with Crippen molar-refractivity contribution in [2.75, 3.05) is 39.3 Å². The Morgan fingerprint density at radius 3 is 2.57 bits per heavy atom. The summed E-state index contributed by atoms with van der Waals surface area (Å²) in [6.07, 6.45) is 1.89. The molecular weight excluding hydrogens is 484 g/mol. The summed E-state index contributed by atoms with van der Waals surface area (Å²) in [6, 6.07) is 12.3. The van der Waals surface area contributed by atoms with E-state index < -0.39 is 0 Å². The number of aromatic nitrogens is 4. The summed E-state index contributed by atoms with van der Waals surface area (Å²) in [7, 11) is 0. The van der Waals surface area contributed by atoms with Crippen molar-refractivity contribution in [3.63, 3.8) is 0 Å². The number of rotatable bonds is 9. The zero-order valence-corrected chi connectivity index (χ0v) is 23.1. The zero-order chi connectivity index (χ0) is 25.9. The number of aromatic amines is 1. The van der Waals surface area contributed by atoms with Crippen LogP contribution < -0.4 is 4.74 Å². The summed E-state index contributed by atoms with van der Waals surface area (Å²) in [4.78, 5) is 13.5. The van der Waals surface area contributed by atoms with Gasteiger partial charge in [-0.1, -0.05) is 38.4 Å². The van der Waals surface area contributed by atoms with Crippen molar-refractivity contribution in [3.8, 4) is 17.1 Å². The number of halogens is 1. The molecule has 5 rings (SSSR count). The van der Waals surface area contributed by atoms with E-state index in [9.17, 15) is 0 Å². The van der Waals surface area contributed by atoms with Gasteiger partial charge in [-0.05, 0) is 55.3 Å².